The van der Waals surface area contributed by atoms with Gasteiger partial charge in [-0.2, -0.15) is 0 Å². The molecule has 0 saturated heterocycles. The van der Waals surface area contributed by atoms with Crippen molar-refractivity contribution >= 4 is 27.3 Å². The number of halogens is 1. The number of aryl methyl sites for hydroxylation is 1. The molecule has 2 aromatic carbocycles. The monoisotopic (exact) mass is 434 g/mol. The van der Waals surface area contributed by atoms with Crippen LogP contribution in [0, 0.1) is 12.7 Å². The van der Waals surface area contributed by atoms with E-state index in [1.54, 1.807) is 25.1 Å². The number of benzene rings is 2. The van der Waals surface area contributed by atoms with Crippen LogP contribution < -0.4 is 0 Å². The van der Waals surface area contributed by atoms with Gasteiger partial charge in [0.1, 0.15) is 11.6 Å². The second-order valence-corrected chi connectivity index (χ2v) is 7.92. The van der Waals surface area contributed by atoms with E-state index in [9.17, 15) is 19.4 Å². The summed E-state index contributed by atoms with van der Waals surface area (Å²) in [5.41, 5.74) is 0.426. The third kappa shape index (κ3) is 3.00. The summed E-state index contributed by atoms with van der Waals surface area (Å²) in [7, 11) is 0. The zero-order valence-corrected chi connectivity index (χ0v) is 17.0. The van der Waals surface area contributed by atoms with Crippen LogP contribution in [0.5, 0.6) is 11.6 Å². The second-order valence-electron chi connectivity index (χ2n) is 6.91. The summed E-state index contributed by atoms with van der Waals surface area (Å²) in [5.74, 6) is -2.11. The maximum atomic E-state index is 14.8. The standard InChI is InChI=1S/C23H15FN2O4S/c1-12-10-11-16(30-12)20(27)18-19(13-6-2-3-7-14(13)24)26(22(29)21(18)28)23-25-15-8-4-5-9-17(15)31-23/h2-11,28-29H,1H3. The molecule has 0 aliphatic carbocycles. The van der Waals surface area contributed by atoms with E-state index < -0.39 is 23.2 Å². The van der Waals surface area contributed by atoms with Gasteiger partial charge < -0.3 is 14.6 Å². The number of furan rings is 1. The molecule has 0 saturated carbocycles. The highest BCUT2D eigenvalue weighted by atomic mass is 32.1. The molecule has 5 rings (SSSR count). The zero-order chi connectivity index (χ0) is 21.7. The molecule has 3 heterocycles. The quantitative estimate of drug-likeness (QED) is 0.368. The Morgan fingerprint density at radius 3 is 2.52 bits per heavy atom. The lowest BCUT2D eigenvalue weighted by molar-refractivity contribution is 0.101. The molecule has 0 radical (unpaired) electrons. The van der Waals surface area contributed by atoms with Gasteiger partial charge in [-0.05, 0) is 43.3 Å². The highest BCUT2D eigenvalue weighted by Gasteiger charge is 2.33. The molecule has 0 aliphatic rings. The fourth-order valence-corrected chi connectivity index (χ4v) is 4.47. The molecule has 0 unspecified atom stereocenters. The van der Waals surface area contributed by atoms with E-state index in [0.717, 1.165) is 4.70 Å². The topological polar surface area (TPSA) is 88.5 Å². The summed E-state index contributed by atoms with van der Waals surface area (Å²) in [6.45, 7) is 1.68. The molecular formula is C23H15FN2O4S. The Morgan fingerprint density at radius 2 is 1.81 bits per heavy atom. The van der Waals surface area contributed by atoms with Crippen molar-refractivity contribution in [3.05, 3.63) is 83.6 Å². The second kappa shape index (κ2) is 7.10. The predicted octanol–water partition coefficient (Wildman–Crippen LogP) is 5.44. The van der Waals surface area contributed by atoms with Crippen LogP contribution in [0.15, 0.2) is 65.1 Å². The number of nitrogens with zero attached hydrogens (tertiary/aromatic N) is 2. The SMILES string of the molecule is Cc1ccc(C(=O)c2c(O)c(O)n(-c3nc4ccccc4s3)c2-c2ccccc2F)o1. The molecule has 0 spiro atoms. The van der Waals surface area contributed by atoms with Gasteiger partial charge in [0.15, 0.2) is 16.6 Å². The number of hydrogen-bond donors (Lipinski definition) is 2. The number of ketones is 1. The third-order valence-corrected chi connectivity index (χ3v) is 5.94. The summed E-state index contributed by atoms with van der Waals surface area (Å²) < 4.78 is 22.3. The molecule has 3 aromatic heterocycles. The molecule has 5 aromatic rings. The first-order valence-electron chi connectivity index (χ1n) is 9.34. The molecule has 2 N–H and O–H groups in total. The number of rotatable bonds is 4. The summed E-state index contributed by atoms with van der Waals surface area (Å²) in [6.07, 6.45) is 0. The van der Waals surface area contributed by atoms with Gasteiger partial charge in [0.2, 0.25) is 11.7 Å². The fourth-order valence-electron chi connectivity index (χ4n) is 3.49. The van der Waals surface area contributed by atoms with E-state index in [0.29, 0.717) is 11.3 Å². The Bertz CT molecular complexity index is 1430. The Morgan fingerprint density at radius 1 is 1.06 bits per heavy atom. The van der Waals surface area contributed by atoms with Crippen molar-refractivity contribution in [3.8, 4) is 28.0 Å². The van der Waals surface area contributed by atoms with Crippen LogP contribution in [-0.2, 0) is 0 Å². The summed E-state index contributed by atoms with van der Waals surface area (Å²) >= 11 is 1.24. The van der Waals surface area contributed by atoms with Gasteiger partial charge in [0.25, 0.3) is 0 Å². The maximum Gasteiger partial charge on any atom is 0.242 e. The van der Waals surface area contributed by atoms with Crippen molar-refractivity contribution < 1.29 is 23.8 Å². The Kier molecular flexibility index (Phi) is 4.37. The first-order valence-corrected chi connectivity index (χ1v) is 10.2. The van der Waals surface area contributed by atoms with E-state index in [4.69, 9.17) is 4.42 Å². The number of para-hydroxylation sites is 1. The average Bonchev–Trinajstić information content (AvgIpc) is 3.44. The van der Waals surface area contributed by atoms with Crippen molar-refractivity contribution in [1.29, 1.82) is 0 Å². The van der Waals surface area contributed by atoms with Gasteiger partial charge in [-0.3, -0.25) is 9.36 Å². The average molecular weight is 434 g/mol. The van der Waals surface area contributed by atoms with E-state index in [1.165, 1.54) is 40.2 Å². The van der Waals surface area contributed by atoms with Crippen molar-refractivity contribution in [3.63, 3.8) is 0 Å². The zero-order valence-electron chi connectivity index (χ0n) is 16.2. The predicted molar refractivity (Wildman–Crippen MR) is 115 cm³/mol. The molecule has 6 nitrogen and oxygen atoms in total. The van der Waals surface area contributed by atoms with Crippen LogP contribution in [0.2, 0.25) is 0 Å². The van der Waals surface area contributed by atoms with Crippen LogP contribution in [-0.4, -0.2) is 25.5 Å². The van der Waals surface area contributed by atoms with Gasteiger partial charge in [-0.25, -0.2) is 9.37 Å². The lowest BCUT2D eigenvalue weighted by Gasteiger charge is -2.09. The highest BCUT2D eigenvalue weighted by Crippen LogP contribution is 2.45. The molecule has 0 atom stereocenters. The molecule has 154 valence electrons. The molecule has 0 fully saturated rings. The van der Waals surface area contributed by atoms with Crippen molar-refractivity contribution in [2.75, 3.05) is 0 Å². The molecular weight excluding hydrogens is 419 g/mol. The van der Waals surface area contributed by atoms with Crippen LogP contribution >= 0.6 is 11.3 Å². The van der Waals surface area contributed by atoms with Crippen molar-refractivity contribution in [2.24, 2.45) is 0 Å². The minimum absolute atomic E-state index is 0.00814. The van der Waals surface area contributed by atoms with Gasteiger partial charge in [-0.15, -0.1) is 0 Å². The number of carbonyl (C=O) groups excluding carboxylic acids is 1. The number of carbonyl (C=O) groups is 1. The summed E-state index contributed by atoms with van der Waals surface area (Å²) in [5, 5.41) is 21.8. The first-order chi connectivity index (χ1) is 15.0. The largest absolute Gasteiger partial charge is 0.503 e. The Hall–Kier alpha value is -3.91. The van der Waals surface area contributed by atoms with E-state index in [2.05, 4.69) is 4.98 Å². The maximum absolute atomic E-state index is 14.8. The van der Waals surface area contributed by atoms with Gasteiger partial charge >= 0.3 is 0 Å². The number of aromatic nitrogens is 2. The van der Waals surface area contributed by atoms with Gasteiger partial charge in [0, 0.05) is 5.56 Å². The molecule has 0 bridgehead atoms. The Balaban J connectivity index is 1.84. The number of aromatic hydroxyl groups is 2. The first kappa shape index (κ1) is 19.1. The highest BCUT2D eigenvalue weighted by molar-refractivity contribution is 7.20. The van der Waals surface area contributed by atoms with E-state index in [-0.39, 0.29) is 27.7 Å². The Labute approximate surface area is 179 Å². The van der Waals surface area contributed by atoms with Crippen LogP contribution in [0.3, 0.4) is 0 Å². The molecule has 8 heteroatoms. The van der Waals surface area contributed by atoms with Gasteiger partial charge in [-0.1, -0.05) is 35.6 Å². The lowest BCUT2D eigenvalue weighted by atomic mass is 10.0. The molecule has 0 aliphatic heterocycles. The van der Waals surface area contributed by atoms with Crippen LogP contribution in [0.4, 0.5) is 4.39 Å². The lowest BCUT2D eigenvalue weighted by Crippen LogP contribution is -2.05. The number of fused-ring (bicyclic) bond motifs is 1. The van der Waals surface area contributed by atoms with Crippen LogP contribution in [0.1, 0.15) is 21.9 Å². The third-order valence-electron chi connectivity index (χ3n) is 4.91. The smallest absolute Gasteiger partial charge is 0.242 e. The minimum Gasteiger partial charge on any atom is -0.503 e. The summed E-state index contributed by atoms with van der Waals surface area (Å²) in [4.78, 5) is 17.7. The van der Waals surface area contributed by atoms with Crippen molar-refractivity contribution in [1.82, 2.24) is 9.55 Å². The van der Waals surface area contributed by atoms with Crippen LogP contribution in [0.25, 0.3) is 26.6 Å². The molecule has 31 heavy (non-hydrogen) atoms. The van der Waals surface area contributed by atoms with Crippen molar-refractivity contribution in [2.45, 2.75) is 6.92 Å². The van der Waals surface area contributed by atoms with E-state index >= 15 is 0 Å². The van der Waals surface area contributed by atoms with Gasteiger partial charge in [0.05, 0.1) is 21.5 Å². The number of hydrogen-bond acceptors (Lipinski definition) is 6. The summed E-state index contributed by atoms with van der Waals surface area (Å²) in [6, 6.07) is 16.2. The minimum atomic E-state index is -0.681. The normalized spacial score (nSPS) is 11.3. The molecule has 0 amide bonds. The van der Waals surface area contributed by atoms with E-state index in [1.807, 2.05) is 18.2 Å². The fraction of sp³-hybridized carbons (Fsp3) is 0.0435. The number of thiazole rings is 1.